The standard InChI is InChI=1S/C12H15N5O4/c1-19-8-4-7(5-9(20-2)11(8)21-3)12(18)13-6-10-14-16-17-15-10/h4-5H,6H2,1-3H3,(H,13,18)(H,14,15,16,17). The van der Waals surface area contributed by atoms with Gasteiger partial charge in [0.25, 0.3) is 5.91 Å². The van der Waals surface area contributed by atoms with E-state index in [2.05, 4.69) is 25.9 Å². The molecule has 0 spiro atoms. The highest BCUT2D eigenvalue weighted by Crippen LogP contribution is 2.38. The minimum absolute atomic E-state index is 0.159. The van der Waals surface area contributed by atoms with Crippen LogP contribution in [0.25, 0.3) is 0 Å². The van der Waals surface area contributed by atoms with Gasteiger partial charge in [-0.25, -0.2) is 0 Å². The number of nitrogens with zero attached hydrogens (tertiary/aromatic N) is 3. The molecule has 0 atom stereocenters. The lowest BCUT2D eigenvalue weighted by molar-refractivity contribution is 0.0949. The Morgan fingerprint density at radius 1 is 1.19 bits per heavy atom. The van der Waals surface area contributed by atoms with E-state index in [0.29, 0.717) is 28.6 Å². The second-order valence-electron chi connectivity index (χ2n) is 3.92. The fraction of sp³-hybridized carbons (Fsp3) is 0.333. The Kier molecular flexibility index (Phi) is 4.54. The van der Waals surface area contributed by atoms with Crippen LogP contribution in [0.2, 0.25) is 0 Å². The Bertz CT molecular complexity index is 589. The molecule has 112 valence electrons. The number of tetrazole rings is 1. The summed E-state index contributed by atoms with van der Waals surface area (Å²) in [6.07, 6.45) is 0. The lowest BCUT2D eigenvalue weighted by Crippen LogP contribution is -2.23. The van der Waals surface area contributed by atoms with Crippen LogP contribution in [0.1, 0.15) is 16.2 Å². The predicted molar refractivity (Wildman–Crippen MR) is 71.4 cm³/mol. The van der Waals surface area contributed by atoms with Crippen molar-refractivity contribution in [2.45, 2.75) is 6.54 Å². The third kappa shape index (κ3) is 3.19. The van der Waals surface area contributed by atoms with Gasteiger partial charge in [0.15, 0.2) is 17.3 Å². The number of methoxy groups -OCH3 is 3. The fourth-order valence-corrected chi connectivity index (χ4v) is 1.73. The summed E-state index contributed by atoms with van der Waals surface area (Å²) in [5.74, 6) is 1.30. The number of aromatic amines is 1. The molecule has 1 heterocycles. The van der Waals surface area contributed by atoms with E-state index in [0.717, 1.165) is 0 Å². The number of rotatable bonds is 6. The molecule has 9 heteroatoms. The number of benzene rings is 1. The lowest BCUT2D eigenvalue weighted by atomic mass is 10.1. The van der Waals surface area contributed by atoms with Crippen LogP contribution in [0, 0.1) is 0 Å². The molecule has 1 aromatic carbocycles. The SMILES string of the molecule is COc1cc(C(=O)NCc2nn[nH]n2)cc(OC)c1OC. The van der Waals surface area contributed by atoms with Crippen LogP contribution in [-0.2, 0) is 6.54 Å². The highest BCUT2D eigenvalue weighted by atomic mass is 16.5. The van der Waals surface area contributed by atoms with Crippen molar-refractivity contribution in [3.05, 3.63) is 23.5 Å². The molecule has 1 aromatic heterocycles. The third-order valence-electron chi connectivity index (χ3n) is 2.72. The van der Waals surface area contributed by atoms with Crippen molar-refractivity contribution in [3.63, 3.8) is 0 Å². The zero-order valence-corrected chi connectivity index (χ0v) is 11.8. The van der Waals surface area contributed by atoms with E-state index in [4.69, 9.17) is 14.2 Å². The Morgan fingerprint density at radius 3 is 2.33 bits per heavy atom. The van der Waals surface area contributed by atoms with Gasteiger partial charge in [0.05, 0.1) is 27.9 Å². The van der Waals surface area contributed by atoms with Crippen molar-refractivity contribution in [1.29, 1.82) is 0 Å². The van der Waals surface area contributed by atoms with Gasteiger partial charge in [-0.1, -0.05) is 5.21 Å². The number of amides is 1. The molecule has 0 aliphatic rings. The summed E-state index contributed by atoms with van der Waals surface area (Å²) in [4.78, 5) is 12.1. The first-order chi connectivity index (χ1) is 10.2. The average molecular weight is 293 g/mol. The van der Waals surface area contributed by atoms with Gasteiger partial charge in [0.1, 0.15) is 0 Å². The minimum Gasteiger partial charge on any atom is -0.493 e. The monoisotopic (exact) mass is 293 g/mol. The van der Waals surface area contributed by atoms with Crippen LogP contribution < -0.4 is 19.5 Å². The maximum absolute atomic E-state index is 12.1. The van der Waals surface area contributed by atoms with E-state index in [1.54, 1.807) is 12.1 Å². The smallest absolute Gasteiger partial charge is 0.251 e. The molecular weight excluding hydrogens is 278 g/mol. The second-order valence-corrected chi connectivity index (χ2v) is 3.92. The van der Waals surface area contributed by atoms with Gasteiger partial charge in [-0.15, -0.1) is 10.2 Å². The molecule has 0 radical (unpaired) electrons. The molecule has 0 aliphatic carbocycles. The highest BCUT2D eigenvalue weighted by molar-refractivity contribution is 5.95. The van der Waals surface area contributed by atoms with Crippen LogP contribution in [0.3, 0.4) is 0 Å². The summed E-state index contributed by atoms with van der Waals surface area (Å²) < 4.78 is 15.6. The summed E-state index contributed by atoms with van der Waals surface area (Å²) >= 11 is 0. The highest BCUT2D eigenvalue weighted by Gasteiger charge is 2.17. The number of aromatic nitrogens is 4. The van der Waals surface area contributed by atoms with Crippen LogP contribution in [-0.4, -0.2) is 47.9 Å². The van der Waals surface area contributed by atoms with Crippen molar-refractivity contribution in [3.8, 4) is 17.2 Å². The number of carbonyl (C=O) groups is 1. The van der Waals surface area contributed by atoms with Gasteiger partial charge in [-0.05, 0) is 12.1 Å². The Morgan fingerprint density at radius 2 is 1.86 bits per heavy atom. The van der Waals surface area contributed by atoms with Crippen molar-refractivity contribution in [2.75, 3.05) is 21.3 Å². The molecule has 2 aromatic rings. The Hall–Kier alpha value is -2.84. The predicted octanol–water partition coefficient (Wildman–Crippen LogP) is 0.155. The zero-order valence-electron chi connectivity index (χ0n) is 11.8. The van der Waals surface area contributed by atoms with Gasteiger partial charge in [-0.3, -0.25) is 4.79 Å². The molecule has 0 saturated carbocycles. The Labute approximate surface area is 120 Å². The first-order valence-corrected chi connectivity index (χ1v) is 6.00. The fourth-order valence-electron chi connectivity index (χ4n) is 1.73. The first kappa shape index (κ1) is 14.6. The second kappa shape index (κ2) is 6.55. The number of ether oxygens (including phenoxy) is 3. The van der Waals surface area contributed by atoms with Crippen molar-refractivity contribution in [1.82, 2.24) is 25.9 Å². The van der Waals surface area contributed by atoms with Crippen LogP contribution in [0.4, 0.5) is 0 Å². The van der Waals surface area contributed by atoms with E-state index in [-0.39, 0.29) is 12.5 Å². The van der Waals surface area contributed by atoms with Gasteiger partial charge in [0.2, 0.25) is 5.75 Å². The van der Waals surface area contributed by atoms with Gasteiger partial charge >= 0.3 is 0 Å². The number of hydrogen-bond donors (Lipinski definition) is 2. The van der Waals surface area contributed by atoms with Gasteiger partial charge in [0, 0.05) is 5.56 Å². The van der Waals surface area contributed by atoms with E-state index in [1.165, 1.54) is 21.3 Å². The largest absolute Gasteiger partial charge is 0.493 e. The third-order valence-corrected chi connectivity index (χ3v) is 2.72. The van der Waals surface area contributed by atoms with E-state index >= 15 is 0 Å². The molecule has 0 bridgehead atoms. The number of H-pyrrole nitrogens is 1. The minimum atomic E-state index is -0.320. The summed E-state index contributed by atoms with van der Waals surface area (Å²) in [6.45, 7) is 0.159. The van der Waals surface area contributed by atoms with Crippen molar-refractivity contribution >= 4 is 5.91 Å². The molecule has 2 rings (SSSR count). The normalized spacial score (nSPS) is 10.0. The maximum atomic E-state index is 12.1. The molecule has 0 saturated heterocycles. The van der Waals surface area contributed by atoms with Gasteiger partial charge in [-0.2, -0.15) is 5.21 Å². The van der Waals surface area contributed by atoms with E-state index in [9.17, 15) is 4.79 Å². The summed E-state index contributed by atoms with van der Waals surface area (Å²) in [6, 6.07) is 3.12. The topological polar surface area (TPSA) is 111 Å². The van der Waals surface area contributed by atoms with Crippen molar-refractivity contribution in [2.24, 2.45) is 0 Å². The number of hydrogen-bond acceptors (Lipinski definition) is 7. The molecule has 0 aliphatic heterocycles. The number of carbonyl (C=O) groups excluding carboxylic acids is 1. The van der Waals surface area contributed by atoms with E-state index in [1.807, 2.05) is 0 Å². The molecule has 0 unspecified atom stereocenters. The average Bonchev–Trinajstić information content (AvgIpc) is 3.04. The molecule has 21 heavy (non-hydrogen) atoms. The number of nitrogens with one attached hydrogen (secondary N) is 2. The van der Waals surface area contributed by atoms with Gasteiger partial charge < -0.3 is 19.5 Å². The first-order valence-electron chi connectivity index (χ1n) is 6.00. The van der Waals surface area contributed by atoms with Crippen LogP contribution in [0.5, 0.6) is 17.2 Å². The van der Waals surface area contributed by atoms with Crippen molar-refractivity contribution < 1.29 is 19.0 Å². The molecule has 2 N–H and O–H groups in total. The summed E-state index contributed by atoms with van der Waals surface area (Å²) in [5, 5.41) is 15.9. The molecule has 1 amide bonds. The van der Waals surface area contributed by atoms with E-state index < -0.39 is 0 Å². The van der Waals surface area contributed by atoms with Crippen LogP contribution in [0.15, 0.2) is 12.1 Å². The quantitative estimate of drug-likeness (QED) is 0.780. The van der Waals surface area contributed by atoms with Crippen LogP contribution >= 0.6 is 0 Å². The zero-order chi connectivity index (χ0) is 15.2. The molecule has 0 fully saturated rings. The maximum Gasteiger partial charge on any atom is 0.251 e. The molecule has 9 nitrogen and oxygen atoms in total. The molecular formula is C12H15N5O4. The Balaban J connectivity index is 2.20. The summed E-state index contributed by atoms with van der Waals surface area (Å²) in [5.41, 5.74) is 0.369. The lowest BCUT2D eigenvalue weighted by Gasteiger charge is -2.13. The summed E-state index contributed by atoms with van der Waals surface area (Å²) in [7, 11) is 4.47.